The molecule has 0 heterocycles. The number of aliphatic imine (C=N–C) groups is 1. The second kappa shape index (κ2) is 6.80. The standard InChI is InChI=1S/C8H17N3O2S/c1-8(10,7(12)13)6-14-5-4-11-3-2-9/h3H,2,4-6,9-10H2,1H3,(H,12,13)/t8-/m0/s1. The first-order valence-corrected chi connectivity index (χ1v) is 5.44. The molecule has 0 aromatic carbocycles. The van der Waals surface area contributed by atoms with E-state index in [9.17, 15) is 4.79 Å². The van der Waals surface area contributed by atoms with Crippen LogP contribution in [0.15, 0.2) is 4.99 Å². The van der Waals surface area contributed by atoms with Gasteiger partial charge in [-0.3, -0.25) is 9.79 Å². The summed E-state index contributed by atoms with van der Waals surface area (Å²) in [6.45, 7) is 2.59. The van der Waals surface area contributed by atoms with Gasteiger partial charge in [-0.05, 0) is 6.92 Å². The largest absolute Gasteiger partial charge is 0.480 e. The molecule has 0 aliphatic heterocycles. The van der Waals surface area contributed by atoms with Crippen LogP contribution in [0.1, 0.15) is 6.92 Å². The van der Waals surface area contributed by atoms with Crippen LogP contribution >= 0.6 is 11.8 Å². The molecule has 0 aliphatic rings. The van der Waals surface area contributed by atoms with Gasteiger partial charge >= 0.3 is 5.97 Å². The molecule has 0 rings (SSSR count). The van der Waals surface area contributed by atoms with E-state index in [-0.39, 0.29) is 0 Å². The highest BCUT2D eigenvalue weighted by Gasteiger charge is 2.27. The minimum Gasteiger partial charge on any atom is -0.480 e. The van der Waals surface area contributed by atoms with Crippen LogP contribution in [-0.4, -0.2) is 47.4 Å². The molecule has 5 nitrogen and oxygen atoms in total. The number of carboxylic acid groups (broad SMARTS) is 1. The summed E-state index contributed by atoms with van der Waals surface area (Å²) in [5.41, 5.74) is 9.57. The molecule has 0 saturated carbocycles. The third-order valence-electron chi connectivity index (χ3n) is 1.49. The summed E-state index contributed by atoms with van der Waals surface area (Å²) in [5, 5.41) is 8.70. The zero-order chi connectivity index (χ0) is 11.0. The maximum absolute atomic E-state index is 10.6. The zero-order valence-corrected chi connectivity index (χ0v) is 9.09. The minimum absolute atomic E-state index is 0.389. The first-order valence-electron chi connectivity index (χ1n) is 4.29. The Balaban J connectivity index is 3.54. The topological polar surface area (TPSA) is 102 Å². The van der Waals surface area contributed by atoms with Crippen molar-refractivity contribution >= 4 is 23.9 Å². The maximum atomic E-state index is 10.6. The van der Waals surface area contributed by atoms with Gasteiger partial charge < -0.3 is 16.6 Å². The molecule has 82 valence electrons. The van der Waals surface area contributed by atoms with Crippen molar-refractivity contribution in [2.75, 3.05) is 24.6 Å². The average Bonchev–Trinajstić information content (AvgIpc) is 2.10. The summed E-state index contributed by atoms with van der Waals surface area (Å²) in [6.07, 6.45) is 1.64. The fourth-order valence-electron chi connectivity index (χ4n) is 0.629. The number of carboxylic acids is 1. The van der Waals surface area contributed by atoms with Crippen LogP contribution in [0.25, 0.3) is 0 Å². The third kappa shape index (κ3) is 5.95. The molecule has 1 atom stereocenters. The van der Waals surface area contributed by atoms with E-state index in [0.29, 0.717) is 18.8 Å². The smallest absolute Gasteiger partial charge is 0.324 e. The molecule has 0 spiro atoms. The summed E-state index contributed by atoms with van der Waals surface area (Å²) in [6, 6.07) is 0. The first-order chi connectivity index (χ1) is 6.50. The highest BCUT2D eigenvalue weighted by molar-refractivity contribution is 7.99. The molecule has 5 N–H and O–H groups in total. The Morgan fingerprint density at radius 1 is 1.71 bits per heavy atom. The van der Waals surface area contributed by atoms with Gasteiger partial charge in [-0.2, -0.15) is 11.8 Å². The number of nitrogens with two attached hydrogens (primary N) is 2. The molecule has 0 aromatic rings. The molecule has 0 aromatic heterocycles. The Morgan fingerprint density at radius 2 is 2.36 bits per heavy atom. The normalized spacial score (nSPS) is 15.6. The third-order valence-corrected chi connectivity index (χ3v) is 2.76. The van der Waals surface area contributed by atoms with Gasteiger partial charge in [-0.25, -0.2) is 0 Å². The number of carbonyl (C=O) groups is 1. The number of aliphatic carboxylic acids is 1. The summed E-state index contributed by atoms with van der Waals surface area (Å²) in [7, 11) is 0. The molecule has 0 amide bonds. The Hall–Kier alpha value is -0.590. The van der Waals surface area contributed by atoms with Crippen LogP contribution in [-0.2, 0) is 4.79 Å². The van der Waals surface area contributed by atoms with Crippen LogP contribution in [0.3, 0.4) is 0 Å². The second-order valence-electron chi connectivity index (χ2n) is 3.10. The monoisotopic (exact) mass is 219 g/mol. The summed E-state index contributed by atoms with van der Waals surface area (Å²) >= 11 is 1.48. The van der Waals surface area contributed by atoms with Gasteiger partial charge in [0.05, 0.1) is 0 Å². The van der Waals surface area contributed by atoms with Crippen LogP contribution in [0.5, 0.6) is 0 Å². The van der Waals surface area contributed by atoms with Crippen molar-refractivity contribution < 1.29 is 9.90 Å². The van der Waals surface area contributed by atoms with E-state index in [1.54, 1.807) is 6.21 Å². The lowest BCUT2D eigenvalue weighted by atomic mass is 10.1. The molecule has 0 unspecified atom stereocenters. The van der Waals surface area contributed by atoms with Gasteiger partial charge in [0.25, 0.3) is 0 Å². The van der Waals surface area contributed by atoms with E-state index in [1.165, 1.54) is 18.7 Å². The van der Waals surface area contributed by atoms with E-state index >= 15 is 0 Å². The van der Waals surface area contributed by atoms with Gasteiger partial charge in [-0.15, -0.1) is 0 Å². The molecule has 0 aliphatic carbocycles. The van der Waals surface area contributed by atoms with Crippen molar-refractivity contribution in [3.05, 3.63) is 0 Å². The van der Waals surface area contributed by atoms with Crippen LogP contribution in [0.4, 0.5) is 0 Å². The number of rotatable bonds is 7. The molecule has 0 saturated heterocycles. The molecular weight excluding hydrogens is 202 g/mol. The fourth-order valence-corrected chi connectivity index (χ4v) is 1.56. The minimum atomic E-state index is -1.15. The van der Waals surface area contributed by atoms with E-state index < -0.39 is 11.5 Å². The van der Waals surface area contributed by atoms with Crippen molar-refractivity contribution in [3.63, 3.8) is 0 Å². The molecule has 0 fully saturated rings. The summed E-state index contributed by atoms with van der Waals surface area (Å²) in [4.78, 5) is 14.6. The first kappa shape index (κ1) is 13.4. The molecular formula is C8H17N3O2S. The highest BCUT2D eigenvalue weighted by atomic mass is 32.2. The van der Waals surface area contributed by atoms with Crippen LogP contribution < -0.4 is 11.5 Å². The Labute approximate surface area is 87.9 Å². The molecule has 0 radical (unpaired) electrons. The van der Waals surface area contributed by atoms with E-state index in [0.717, 1.165) is 5.75 Å². The lowest BCUT2D eigenvalue weighted by Gasteiger charge is -2.17. The Kier molecular flexibility index (Phi) is 6.52. The Morgan fingerprint density at radius 3 is 2.86 bits per heavy atom. The fraction of sp³-hybridized carbons (Fsp3) is 0.750. The SMILES string of the molecule is C[C@](N)(CSCCN=CCN)C(=O)O. The number of hydrogen-bond donors (Lipinski definition) is 3. The van der Waals surface area contributed by atoms with E-state index in [4.69, 9.17) is 16.6 Å². The predicted molar refractivity (Wildman–Crippen MR) is 60.0 cm³/mol. The van der Waals surface area contributed by atoms with Gasteiger partial charge in [0, 0.05) is 30.8 Å². The molecule has 0 bridgehead atoms. The zero-order valence-electron chi connectivity index (χ0n) is 8.27. The van der Waals surface area contributed by atoms with E-state index in [1.807, 2.05) is 0 Å². The number of nitrogens with zero attached hydrogens (tertiary/aromatic N) is 1. The van der Waals surface area contributed by atoms with Crippen molar-refractivity contribution in [1.82, 2.24) is 0 Å². The predicted octanol–water partition coefficient (Wildman–Crippen LogP) is -0.449. The van der Waals surface area contributed by atoms with Crippen molar-refractivity contribution in [2.24, 2.45) is 16.5 Å². The van der Waals surface area contributed by atoms with Gasteiger partial charge in [-0.1, -0.05) is 0 Å². The van der Waals surface area contributed by atoms with Gasteiger partial charge in [0.1, 0.15) is 5.54 Å². The quantitative estimate of drug-likeness (QED) is 0.397. The van der Waals surface area contributed by atoms with Gasteiger partial charge in [0.2, 0.25) is 0 Å². The lowest BCUT2D eigenvalue weighted by Crippen LogP contribution is -2.47. The molecule has 14 heavy (non-hydrogen) atoms. The highest BCUT2D eigenvalue weighted by Crippen LogP contribution is 2.10. The van der Waals surface area contributed by atoms with Crippen LogP contribution in [0.2, 0.25) is 0 Å². The van der Waals surface area contributed by atoms with Gasteiger partial charge in [0.15, 0.2) is 0 Å². The van der Waals surface area contributed by atoms with Crippen molar-refractivity contribution in [1.29, 1.82) is 0 Å². The molecule has 6 heteroatoms. The summed E-state index contributed by atoms with van der Waals surface area (Å²) < 4.78 is 0. The maximum Gasteiger partial charge on any atom is 0.324 e. The Bertz CT molecular complexity index is 207. The van der Waals surface area contributed by atoms with Crippen molar-refractivity contribution in [3.8, 4) is 0 Å². The average molecular weight is 219 g/mol. The summed E-state index contributed by atoms with van der Waals surface area (Å²) in [5.74, 6) is 0.173. The lowest BCUT2D eigenvalue weighted by molar-refractivity contribution is -0.141. The van der Waals surface area contributed by atoms with Crippen LogP contribution in [0, 0.1) is 0 Å². The number of hydrogen-bond acceptors (Lipinski definition) is 5. The van der Waals surface area contributed by atoms with Crippen molar-refractivity contribution in [2.45, 2.75) is 12.5 Å². The van der Waals surface area contributed by atoms with E-state index in [2.05, 4.69) is 4.99 Å². The second-order valence-corrected chi connectivity index (χ2v) is 4.20. The number of thioether (sulfide) groups is 1.